The summed E-state index contributed by atoms with van der Waals surface area (Å²) in [6, 6.07) is 55.2. The van der Waals surface area contributed by atoms with Gasteiger partial charge in [-0.05, 0) is 36.4 Å². The molecule has 7 nitrogen and oxygen atoms in total. The van der Waals surface area contributed by atoms with Crippen LogP contribution in [0.25, 0.3) is 121 Å². The van der Waals surface area contributed by atoms with Crippen LogP contribution in [0.1, 0.15) is 0 Å². The van der Waals surface area contributed by atoms with Crippen LogP contribution in [0.2, 0.25) is 0 Å². The van der Waals surface area contributed by atoms with Crippen LogP contribution in [0.3, 0.4) is 0 Å². The maximum Gasteiger partial charge on any atom is 0.164 e. The van der Waals surface area contributed by atoms with Gasteiger partial charge >= 0.3 is 0 Å². The van der Waals surface area contributed by atoms with Crippen LogP contribution in [0.4, 0.5) is 0 Å². The van der Waals surface area contributed by atoms with Crippen LogP contribution in [-0.4, -0.2) is 24.9 Å². The molecule has 57 heavy (non-hydrogen) atoms. The summed E-state index contributed by atoms with van der Waals surface area (Å²) in [5.74, 6) is 2.29. The van der Waals surface area contributed by atoms with E-state index < -0.39 is 0 Å². The zero-order valence-corrected chi connectivity index (χ0v) is 30.9. The Balaban J connectivity index is 1.04. The zero-order chi connectivity index (χ0) is 37.5. The molecule has 0 saturated heterocycles. The smallest absolute Gasteiger partial charge is 0.164 e. The van der Waals surface area contributed by atoms with Crippen molar-refractivity contribution in [3.63, 3.8) is 0 Å². The largest absolute Gasteiger partial charge is 0.456 e. The minimum absolute atomic E-state index is 0.539. The number of benzene rings is 7. The number of furan rings is 2. The first-order valence-electron chi connectivity index (χ1n) is 18.7. The fourth-order valence-electron chi connectivity index (χ4n) is 7.92. The lowest BCUT2D eigenvalue weighted by atomic mass is 10.0. The van der Waals surface area contributed by atoms with Gasteiger partial charge in [-0.1, -0.05) is 127 Å². The number of thiophene rings is 1. The van der Waals surface area contributed by atoms with E-state index in [1.54, 1.807) is 11.3 Å². The molecule has 0 fully saturated rings. The second kappa shape index (κ2) is 12.5. The normalized spacial score (nSPS) is 11.9. The van der Waals surface area contributed by atoms with Gasteiger partial charge in [0.25, 0.3) is 0 Å². The third-order valence-electron chi connectivity index (χ3n) is 10.6. The van der Waals surface area contributed by atoms with E-state index in [1.165, 1.54) is 4.70 Å². The van der Waals surface area contributed by atoms with Crippen LogP contribution >= 0.6 is 11.3 Å². The Labute approximate surface area is 328 Å². The number of hydrogen-bond acceptors (Lipinski definition) is 8. The maximum atomic E-state index is 6.79. The lowest BCUT2D eigenvalue weighted by Gasteiger charge is -2.09. The van der Waals surface area contributed by atoms with E-state index in [9.17, 15) is 0 Å². The monoisotopic (exact) mass is 749 g/mol. The van der Waals surface area contributed by atoms with Crippen LogP contribution in [0.15, 0.2) is 173 Å². The number of fused-ring (bicyclic) bond motifs is 9. The molecular weight excluding hydrogens is 723 g/mol. The van der Waals surface area contributed by atoms with Gasteiger partial charge in [0, 0.05) is 53.9 Å². The van der Waals surface area contributed by atoms with Crippen LogP contribution in [0.5, 0.6) is 0 Å². The first kappa shape index (κ1) is 31.8. The van der Waals surface area contributed by atoms with E-state index in [0.717, 1.165) is 87.4 Å². The van der Waals surface area contributed by atoms with Gasteiger partial charge in [-0.25, -0.2) is 24.9 Å². The summed E-state index contributed by atoms with van der Waals surface area (Å²) in [7, 11) is 0. The highest BCUT2D eigenvalue weighted by molar-refractivity contribution is 7.26. The lowest BCUT2D eigenvalue weighted by molar-refractivity contribution is 0.669. The summed E-state index contributed by atoms with van der Waals surface area (Å²) in [5.41, 5.74) is 9.33. The molecule has 0 saturated carbocycles. The van der Waals surface area contributed by atoms with Crippen LogP contribution < -0.4 is 0 Å². The highest BCUT2D eigenvalue weighted by Crippen LogP contribution is 2.42. The molecule has 8 heteroatoms. The fraction of sp³-hybridized carbons (Fsp3) is 0. The second-order valence-corrected chi connectivity index (χ2v) is 15.0. The van der Waals surface area contributed by atoms with Crippen molar-refractivity contribution < 1.29 is 8.83 Å². The third kappa shape index (κ3) is 5.08. The minimum atomic E-state index is 0.539. The number of rotatable bonds is 5. The summed E-state index contributed by atoms with van der Waals surface area (Å²) < 4.78 is 15.3. The van der Waals surface area contributed by atoms with E-state index in [-0.39, 0.29) is 0 Å². The summed E-state index contributed by atoms with van der Waals surface area (Å²) in [4.78, 5) is 25.7. The first-order chi connectivity index (χ1) is 28.2. The molecule has 12 rings (SSSR count). The number of aromatic nitrogens is 5. The maximum absolute atomic E-state index is 6.79. The molecule has 0 N–H and O–H groups in total. The lowest BCUT2D eigenvalue weighted by Crippen LogP contribution is -2.00. The predicted molar refractivity (Wildman–Crippen MR) is 230 cm³/mol. The fourth-order valence-corrected chi connectivity index (χ4v) is 9.07. The highest BCUT2D eigenvalue weighted by Gasteiger charge is 2.22. The molecule has 0 aliphatic rings. The second-order valence-electron chi connectivity index (χ2n) is 14.0. The quantitative estimate of drug-likeness (QED) is 0.173. The topological polar surface area (TPSA) is 90.7 Å². The first-order valence-corrected chi connectivity index (χ1v) is 19.5. The predicted octanol–water partition coefficient (Wildman–Crippen LogP) is 13.2. The van der Waals surface area contributed by atoms with Gasteiger partial charge in [-0.2, -0.15) is 0 Å². The van der Waals surface area contributed by atoms with Gasteiger partial charge in [0.1, 0.15) is 22.3 Å². The molecule has 12 aromatic rings. The van der Waals surface area contributed by atoms with Crippen molar-refractivity contribution in [2.24, 2.45) is 0 Å². The molecule has 0 amide bonds. The standard InChI is InChI=1S/C49H27N5O2S/c1-3-13-28(14-4-1)42-45-43(34-18-8-10-24-40(34)57-45)51-49(50-42)36-21-11-19-32-31-26-25-30(27-39(31)56-44(32)36)47-52-46(29-15-5-2-6-16-29)53-48(54-47)35-20-12-23-38-41(35)33-17-7-9-22-37(33)55-38/h1-27H. The van der Waals surface area contributed by atoms with E-state index in [4.69, 9.17) is 33.8 Å². The summed E-state index contributed by atoms with van der Waals surface area (Å²) in [6.07, 6.45) is 0. The van der Waals surface area contributed by atoms with Crippen molar-refractivity contribution in [2.45, 2.75) is 0 Å². The Bertz CT molecular complexity index is 3540. The molecular formula is C49H27N5O2S. The van der Waals surface area contributed by atoms with Crippen molar-refractivity contribution in [3.8, 4) is 56.8 Å². The number of hydrogen-bond donors (Lipinski definition) is 0. The zero-order valence-electron chi connectivity index (χ0n) is 30.0. The molecule has 266 valence electrons. The Morgan fingerprint density at radius 2 is 1.04 bits per heavy atom. The SMILES string of the molecule is c1ccc(-c2nc(-c3ccc4c(c3)oc3c(-c5nc(-c6ccccc6)c6sc7ccccc7c6n5)cccc34)nc(-c3cccc4oc5ccccc5c34)n2)cc1. The van der Waals surface area contributed by atoms with E-state index >= 15 is 0 Å². The van der Waals surface area contributed by atoms with E-state index in [0.29, 0.717) is 28.9 Å². The van der Waals surface area contributed by atoms with Crippen molar-refractivity contribution in [2.75, 3.05) is 0 Å². The Kier molecular flexibility index (Phi) is 6.96. The average Bonchev–Trinajstić information content (AvgIpc) is 3.97. The molecule has 0 bridgehead atoms. The van der Waals surface area contributed by atoms with Gasteiger partial charge in [0.2, 0.25) is 0 Å². The average molecular weight is 750 g/mol. The Morgan fingerprint density at radius 1 is 0.386 bits per heavy atom. The molecule has 0 aliphatic heterocycles. The molecule has 0 aliphatic carbocycles. The third-order valence-corrected chi connectivity index (χ3v) is 11.7. The van der Waals surface area contributed by atoms with Crippen molar-refractivity contribution in [3.05, 3.63) is 164 Å². The summed E-state index contributed by atoms with van der Waals surface area (Å²) in [6.45, 7) is 0. The Morgan fingerprint density at radius 3 is 1.89 bits per heavy atom. The van der Waals surface area contributed by atoms with Gasteiger partial charge in [-0.3, -0.25) is 0 Å². The van der Waals surface area contributed by atoms with Gasteiger partial charge < -0.3 is 8.83 Å². The molecule has 0 atom stereocenters. The van der Waals surface area contributed by atoms with E-state index in [2.05, 4.69) is 60.7 Å². The minimum Gasteiger partial charge on any atom is -0.456 e. The molecule has 0 radical (unpaired) electrons. The van der Waals surface area contributed by atoms with Gasteiger partial charge in [-0.15, -0.1) is 11.3 Å². The van der Waals surface area contributed by atoms with Crippen LogP contribution in [0, 0.1) is 0 Å². The van der Waals surface area contributed by atoms with Crippen LogP contribution in [-0.2, 0) is 0 Å². The van der Waals surface area contributed by atoms with Crippen molar-refractivity contribution >= 4 is 75.5 Å². The van der Waals surface area contributed by atoms with Crippen molar-refractivity contribution in [1.29, 1.82) is 0 Å². The van der Waals surface area contributed by atoms with Gasteiger partial charge in [0.15, 0.2) is 23.3 Å². The molecule has 5 heterocycles. The Hall–Kier alpha value is -7.55. The number of nitrogens with zero attached hydrogens (tertiary/aromatic N) is 5. The van der Waals surface area contributed by atoms with Crippen molar-refractivity contribution in [1.82, 2.24) is 24.9 Å². The highest BCUT2D eigenvalue weighted by atomic mass is 32.1. The number of para-hydroxylation sites is 2. The summed E-state index contributed by atoms with van der Waals surface area (Å²) >= 11 is 1.72. The molecule has 5 aromatic heterocycles. The van der Waals surface area contributed by atoms with E-state index in [1.807, 2.05) is 103 Å². The molecule has 0 unspecified atom stereocenters. The molecule has 0 spiro atoms. The van der Waals surface area contributed by atoms with Gasteiger partial charge in [0.05, 0.1) is 21.5 Å². The summed E-state index contributed by atoms with van der Waals surface area (Å²) in [5, 5.41) is 5.05. The molecule has 7 aromatic carbocycles.